The molecule has 0 aliphatic heterocycles. The number of benzene rings is 1. The summed E-state index contributed by atoms with van der Waals surface area (Å²) in [5.74, 6) is -3.49. The van der Waals surface area contributed by atoms with Crippen LogP contribution in [0.3, 0.4) is 0 Å². The number of esters is 1. The van der Waals surface area contributed by atoms with Gasteiger partial charge >= 0.3 is 5.97 Å². The molecule has 4 nitrogen and oxygen atoms in total. The van der Waals surface area contributed by atoms with Crippen molar-refractivity contribution in [3.63, 3.8) is 0 Å². The highest BCUT2D eigenvalue weighted by atomic mass is 16.5. The molecule has 21 heavy (non-hydrogen) atoms. The Bertz CT molecular complexity index is 541. The van der Waals surface area contributed by atoms with Crippen LogP contribution in [0.15, 0.2) is 60.7 Å². The molecule has 0 aromatic heterocycles. The van der Waals surface area contributed by atoms with Gasteiger partial charge in [0.25, 0.3) is 0 Å². The van der Waals surface area contributed by atoms with Gasteiger partial charge in [0.2, 0.25) is 0 Å². The zero-order valence-corrected chi connectivity index (χ0v) is 11.8. The minimum absolute atomic E-state index is 0.0434. The second-order valence-electron chi connectivity index (χ2n) is 4.21. The molecule has 0 aliphatic carbocycles. The molecule has 1 aromatic rings. The maximum Gasteiger partial charge on any atom is 0.314 e. The molecular formula is C17H17O4-. The van der Waals surface area contributed by atoms with Gasteiger partial charge < -0.3 is 14.6 Å². The standard InChI is InChI=1S/C17H18O4/c1-21-17(20)15(16(18)19)13-9-4-2-3-6-10-14-11-7-5-8-12-14/h2-12,15H,13H2,1H3,(H,18,19)/p-1/b3-2+,9-4+,10-6+. The van der Waals surface area contributed by atoms with Crippen molar-refractivity contribution in [3.05, 3.63) is 66.3 Å². The largest absolute Gasteiger partial charge is 0.549 e. The van der Waals surface area contributed by atoms with Gasteiger partial charge in [0, 0.05) is 0 Å². The van der Waals surface area contributed by atoms with Gasteiger partial charge in [0.05, 0.1) is 19.0 Å². The van der Waals surface area contributed by atoms with Crippen LogP contribution in [0.2, 0.25) is 0 Å². The van der Waals surface area contributed by atoms with Crippen molar-refractivity contribution in [1.82, 2.24) is 0 Å². The van der Waals surface area contributed by atoms with E-state index in [-0.39, 0.29) is 6.42 Å². The number of carbonyl (C=O) groups excluding carboxylic acids is 2. The number of carboxylic acids is 1. The summed E-state index contributed by atoms with van der Waals surface area (Å²) in [6.07, 6.45) is 10.7. The molecule has 1 atom stereocenters. The first-order valence-electron chi connectivity index (χ1n) is 6.48. The van der Waals surface area contributed by atoms with Crippen LogP contribution in [0.1, 0.15) is 12.0 Å². The molecule has 0 heterocycles. The molecule has 0 spiro atoms. The lowest BCUT2D eigenvalue weighted by Crippen LogP contribution is -2.36. The van der Waals surface area contributed by atoms with Crippen molar-refractivity contribution in [2.45, 2.75) is 6.42 Å². The van der Waals surface area contributed by atoms with Crippen molar-refractivity contribution in [2.24, 2.45) is 5.92 Å². The Kier molecular flexibility index (Phi) is 7.29. The van der Waals surface area contributed by atoms with Crippen molar-refractivity contribution in [2.75, 3.05) is 7.11 Å². The van der Waals surface area contributed by atoms with Gasteiger partial charge in [-0.25, -0.2) is 0 Å². The fourth-order valence-corrected chi connectivity index (χ4v) is 1.58. The first-order chi connectivity index (χ1) is 10.1. The molecule has 0 N–H and O–H groups in total. The molecule has 0 amide bonds. The number of hydrogen-bond donors (Lipinski definition) is 0. The zero-order chi connectivity index (χ0) is 15.5. The maximum absolute atomic E-state index is 11.2. The Hall–Kier alpha value is -2.62. The third kappa shape index (κ3) is 6.38. The van der Waals surface area contributed by atoms with Crippen LogP contribution >= 0.6 is 0 Å². The molecule has 1 unspecified atom stereocenters. The molecule has 0 radical (unpaired) electrons. The second kappa shape index (κ2) is 9.31. The van der Waals surface area contributed by atoms with E-state index in [1.165, 1.54) is 0 Å². The highest BCUT2D eigenvalue weighted by molar-refractivity contribution is 5.93. The Morgan fingerprint density at radius 3 is 2.43 bits per heavy atom. The minimum Gasteiger partial charge on any atom is -0.549 e. The summed E-state index contributed by atoms with van der Waals surface area (Å²) in [6, 6.07) is 9.83. The molecule has 0 bridgehead atoms. The topological polar surface area (TPSA) is 66.4 Å². The van der Waals surface area contributed by atoms with E-state index in [1.54, 1.807) is 18.2 Å². The van der Waals surface area contributed by atoms with Gasteiger partial charge in [-0.2, -0.15) is 0 Å². The van der Waals surface area contributed by atoms with Gasteiger partial charge in [-0.3, -0.25) is 4.79 Å². The second-order valence-corrected chi connectivity index (χ2v) is 4.21. The van der Waals surface area contributed by atoms with Crippen LogP contribution in [-0.4, -0.2) is 19.0 Å². The number of rotatable bonds is 7. The minimum atomic E-state index is -1.43. The number of ether oxygens (including phenoxy) is 1. The van der Waals surface area contributed by atoms with Crippen LogP contribution in [0, 0.1) is 5.92 Å². The Balaban J connectivity index is 2.43. The summed E-state index contributed by atoms with van der Waals surface area (Å²) >= 11 is 0. The van der Waals surface area contributed by atoms with Gasteiger partial charge in [-0.1, -0.05) is 66.8 Å². The van der Waals surface area contributed by atoms with Gasteiger partial charge in [-0.05, 0) is 12.0 Å². The van der Waals surface area contributed by atoms with E-state index in [0.717, 1.165) is 12.7 Å². The number of methoxy groups -OCH3 is 1. The van der Waals surface area contributed by atoms with E-state index >= 15 is 0 Å². The van der Waals surface area contributed by atoms with Crippen LogP contribution in [0.25, 0.3) is 6.08 Å². The van der Waals surface area contributed by atoms with Crippen LogP contribution in [0.5, 0.6) is 0 Å². The Labute approximate surface area is 124 Å². The normalized spacial score (nSPS) is 13.0. The lowest BCUT2D eigenvalue weighted by molar-refractivity contribution is -0.310. The number of allylic oxidation sites excluding steroid dienone is 5. The predicted molar refractivity (Wildman–Crippen MR) is 78.9 cm³/mol. The van der Waals surface area contributed by atoms with E-state index in [4.69, 9.17) is 0 Å². The smallest absolute Gasteiger partial charge is 0.314 e. The molecule has 0 fully saturated rings. The van der Waals surface area contributed by atoms with Crippen molar-refractivity contribution >= 4 is 18.0 Å². The third-order valence-corrected chi connectivity index (χ3v) is 2.70. The number of carbonyl (C=O) groups is 2. The summed E-state index contributed by atoms with van der Waals surface area (Å²) in [5.41, 5.74) is 1.09. The number of aliphatic carboxylic acids is 1. The summed E-state index contributed by atoms with van der Waals surface area (Å²) in [5, 5.41) is 10.7. The summed E-state index contributed by atoms with van der Waals surface area (Å²) in [7, 11) is 1.15. The van der Waals surface area contributed by atoms with Crippen molar-refractivity contribution in [3.8, 4) is 0 Å². The first kappa shape index (κ1) is 16.4. The molecule has 4 heteroatoms. The molecular weight excluding hydrogens is 268 g/mol. The third-order valence-electron chi connectivity index (χ3n) is 2.70. The van der Waals surface area contributed by atoms with Crippen LogP contribution in [0.4, 0.5) is 0 Å². The Morgan fingerprint density at radius 1 is 1.14 bits per heavy atom. The number of hydrogen-bond acceptors (Lipinski definition) is 4. The molecule has 110 valence electrons. The van der Waals surface area contributed by atoms with Gasteiger partial charge in [0.15, 0.2) is 0 Å². The molecule has 0 saturated carbocycles. The quantitative estimate of drug-likeness (QED) is 0.435. The zero-order valence-electron chi connectivity index (χ0n) is 11.8. The van der Waals surface area contributed by atoms with Gasteiger partial charge in [0.1, 0.15) is 0 Å². The average molecular weight is 285 g/mol. The molecule has 1 aromatic carbocycles. The fraction of sp³-hybridized carbons (Fsp3) is 0.176. The average Bonchev–Trinajstić information content (AvgIpc) is 2.50. The van der Waals surface area contributed by atoms with E-state index in [0.29, 0.717) is 0 Å². The van der Waals surface area contributed by atoms with E-state index in [9.17, 15) is 14.7 Å². The molecule has 0 saturated heterocycles. The monoisotopic (exact) mass is 285 g/mol. The summed E-state index contributed by atoms with van der Waals surface area (Å²) in [4.78, 5) is 21.9. The highest BCUT2D eigenvalue weighted by Gasteiger charge is 2.18. The molecule has 0 aliphatic rings. The maximum atomic E-state index is 11.2. The highest BCUT2D eigenvalue weighted by Crippen LogP contribution is 2.06. The Morgan fingerprint density at radius 2 is 1.81 bits per heavy atom. The SMILES string of the molecule is COC(=O)C(C/C=C/C=C/C=C/c1ccccc1)C(=O)[O-]. The van der Waals surface area contributed by atoms with E-state index < -0.39 is 17.9 Å². The fourth-order valence-electron chi connectivity index (χ4n) is 1.58. The van der Waals surface area contributed by atoms with Crippen LogP contribution in [-0.2, 0) is 14.3 Å². The summed E-state index contributed by atoms with van der Waals surface area (Å²) < 4.78 is 4.40. The summed E-state index contributed by atoms with van der Waals surface area (Å²) in [6.45, 7) is 0. The first-order valence-corrected chi connectivity index (χ1v) is 6.48. The lowest BCUT2D eigenvalue weighted by Gasteiger charge is -2.12. The van der Waals surface area contributed by atoms with Crippen molar-refractivity contribution < 1.29 is 19.4 Å². The van der Waals surface area contributed by atoms with E-state index in [1.807, 2.05) is 48.6 Å². The van der Waals surface area contributed by atoms with Crippen LogP contribution < -0.4 is 5.11 Å². The van der Waals surface area contributed by atoms with Gasteiger partial charge in [-0.15, -0.1) is 0 Å². The lowest BCUT2D eigenvalue weighted by atomic mass is 10.1. The number of carboxylic acid groups (broad SMARTS) is 1. The predicted octanol–water partition coefficient (Wildman–Crippen LogP) is 1.74. The van der Waals surface area contributed by atoms with E-state index in [2.05, 4.69) is 4.74 Å². The molecule has 1 rings (SSSR count). The van der Waals surface area contributed by atoms with Crippen molar-refractivity contribution in [1.29, 1.82) is 0 Å².